The summed E-state index contributed by atoms with van der Waals surface area (Å²) in [6.07, 6.45) is 5.50. The zero-order valence-corrected chi connectivity index (χ0v) is 12.5. The number of anilines is 1. The Labute approximate surface area is 120 Å². The van der Waals surface area contributed by atoms with E-state index in [0.29, 0.717) is 6.42 Å². The second kappa shape index (κ2) is 8.25. The molecule has 0 aromatic heterocycles. The molecule has 1 rings (SSSR count). The molecule has 106 valence electrons. The first-order valence-corrected chi connectivity index (χ1v) is 7.28. The van der Waals surface area contributed by atoms with Crippen LogP contribution in [0.4, 0.5) is 14.5 Å². The summed E-state index contributed by atoms with van der Waals surface area (Å²) in [5, 5.41) is 2.39. The zero-order valence-electron chi connectivity index (χ0n) is 10.9. The van der Waals surface area contributed by atoms with Crippen LogP contribution in [0.3, 0.4) is 0 Å². The third-order valence-corrected chi connectivity index (χ3v) is 3.40. The van der Waals surface area contributed by atoms with Crippen molar-refractivity contribution in [2.24, 2.45) is 0 Å². The summed E-state index contributed by atoms with van der Waals surface area (Å²) in [6.45, 7) is 2.12. The lowest BCUT2D eigenvalue weighted by atomic mass is 10.1. The van der Waals surface area contributed by atoms with E-state index in [1.807, 2.05) is 0 Å². The van der Waals surface area contributed by atoms with Crippen molar-refractivity contribution in [2.75, 3.05) is 5.32 Å². The van der Waals surface area contributed by atoms with E-state index in [-0.39, 0.29) is 16.1 Å². The predicted octanol–water partition coefficient (Wildman–Crippen LogP) is 5.03. The van der Waals surface area contributed by atoms with Gasteiger partial charge in [-0.2, -0.15) is 0 Å². The Bertz CT molecular complexity index is 438. The number of benzene rings is 1. The van der Waals surface area contributed by atoms with Crippen LogP contribution in [-0.4, -0.2) is 5.91 Å². The first kappa shape index (κ1) is 16.1. The van der Waals surface area contributed by atoms with Crippen molar-refractivity contribution in [1.82, 2.24) is 0 Å². The topological polar surface area (TPSA) is 29.1 Å². The van der Waals surface area contributed by atoms with Gasteiger partial charge in [-0.25, -0.2) is 8.78 Å². The van der Waals surface area contributed by atoms with Gasteiger partial charge in [0.15, 0.2) is 0 Å². The molecule has 0 aliphatic heterocycles. The third kappa shape index (κ3) is 5.68. The Morgan fingerprint density at radius 3 is 2.53 bits per heavy atom. The smallest absolute Gasteiger partial charge is 0.224 e. The summed E-state index contributed by atoms with van der Waals surface area (Å²) in [5.41, 5.74) is -0.112. The number of nitrogens with one attached hydrogen (secondary N) is 1. The SMILES string of the molecule is CCCCCCCC(=O)Nc1cc(F)c(Br)cc1F. The van der Waals surface area contributed by atoms with Gasteiger partial charge >= 0.3 is 0 Å². The molecule has 0 atom stereocenters. The molecule has 0 saturated heterocycles. The molecule has 0 radical (unpaired) electrons. The van der Waals surface area contributed by atoms with Crippen molar-refractivity contribution in [1.29, 1.82) is 0 Å². The molecule has 0 bridgehead atoms. The van der Waals surface area contributed by atoms with E-state index in [4.69, 9.17) is 0 Å². The van der Waals surface area contributed by atoms with E-state index in [1.165, 1.54) is 0 Å². The van der Waals surface area contributed by atoms with E-state index in [2.05, 4.69) is 28.2 Å². The largest absolute Gasteiger partial charge is 0.324 e. The standard InChI is InChI=1S/C14H18BrF2NO/c1-2-3-4-5-6-7-14(19)18-13-9-11(16)10(15)8-12(13)17/h8-9H,2-7H2,1H3,(H,18,19). The molecule has 2 nitrogen and oxygen atoms in total. The number of rotatable bonds is 7. The summed E-state index contributed by atoms with van der Waals surface area (Å²) >= 11 is 2.88. The molecule has 1 aromatic carbocycles. The first-order valence-electron chi connectivity index (χ1n) is 6.49. The maximum atomic E-state index is 13.5. The van der Waals surface area contributed by atoms with Crippen LogP contribution in [-0.2, 0) is 4.79 Å². The number of carbonyl (C=O) groups excluding carboxylic acids is 1. The van der Waals surface area contributed by atoms with E-state index in [0.717, 1.165) is 44.2 Å². The summed E-state index contributed by atoms with van der Waals surface area (Å²) in [4.78, 5) is 11.6. The number of carbonyl (C=O) groups is 1. The quantitative estimate of drug-likeness (QED) is 0.550. The van der Waals surface area contributed by atoms with Gasteiger partial charge in [-0.1, -0.05) is 32.6 Å². The minimum absolute atomic E-state index is 0.0440. The van der Waals surface area contributed by atoms with Crippen molar-refractivity contribution in [3.63, 3.8) is 0 Å². The van der Waals surface area contributed by atoms with Gasteiger partial charge in [0.25, 0.3) is 0 Å². The lowest BCUT2D eigenvalue weighted by Crippen LogP contribution is -2.12. The number of hydrogen-bond donors (Lipinski definition) is 1. The molecule has 1 N–H and O–H groups in total. The Kier molecular flexibility index (Phi) is 6.99. The number of hydrogen-bond acceptors (Lipinski definition) is 1. The molecular weight excluding hydrogens is 316 g/mol. The minimum Gasteiger partial charge on any atom is -0.324 e. The Hall–Kier alpha value is -0.970. The molecule has 0 saturated carbocycles. The summed E-state index contributed by atoms with van der Waals surface area (Å²) in [6, 6.07) is 1.99. The molecule has 0 aliphatic rings. The molecule has 1 aromatic rings. The second-order valence-corrected chi connectivity index (χ2v) is 5.31. The highest BCUT2D eigenvalue weighted by atomic mass is 79.9. The molecule has 5 heteroatoms. The van der Waals surface area contributed by atoms with Crippen molar-refractivity contribution in [3.8, 4) is 0 Å². The summed E-state index contributed by atoms with van der Waals surface area (Å²) in [7, 11) is 0. The molecular formula is C14H18BrF2NO. The molecule has 0 spiro atoms. The van der Waals surface area contributed by atoms with Crippen LogP contribution in [0, 0.1) is 11.6 Å². The molecule has 0 heterocycles. The van der Waals surface area contributed by atoms with Gasteiger partial charge in [0.1, 0.15) is 11.6 Å². The normalized spacial score (nSPS) is 10.5. The van der Waals surface area contributed by atoms with Gasteiger partial charge in [0, 0.05) is 12.5 Å². The van der Waals surface area contributed by atoms with Crippen LogP contribution in [0.5, 0.6) is 0 Å². The van der Waals surface area contributed by atoms with E-state index in [1.54, 1.807) is 0 Å². The Morgan fingerprint density at radius 2 is 1.84 bits per heavy atom. The van der Waals surface area contributed by atoms with E-state index < -0.39 is 11.6 Å². The highest BCUT2D eigenvalue weighted by molar-refractivity contribution is 9.10. The van der Waals surface area contributed by atoms with E-state index in [9.17, 15) is 13.6 Å². The highest BCUT2D eigenvalue weighted by Crippen LogP contribution is 2.23. The van der Waals surface area contributed by atoms with Crippen molar-refractivity contribution < 1.29 is 13.6 Å². The Balaban J connectivity index is 2.42. The van der Waals surface area contributed by atoms with Crippen LogP contribution in [0.2, 0.25) is 0 Å². The molecule has 0 aliphatic carbocycles. The van der Waals surface area contributed by atoms with Crippen LogP contribution in [0.25, 0.3) is 0 Å². The van der Waals surface area contributed by atoms with Gasteiger partial charge < -0.3 is 5.32 Å². The number of amides is 1. The molecule has 19 heavy (non-hydrogen) atoms. The van der Waals surface area contributed by atoms with Gasteiger partial charge in [0.2, 0.25) is 5.91 Å². The summed E-state index contributed by atoms with van der Waals surface area (Å²) < 4.78 is 26.7. The molecule has 0 fully saturated rings. The number of halogens is 3. The van der Waals surface area contributed by atoms with Crippen LogP contribution >= 0.6 is 15.9 Å². The highest BCUT2D eigenvalue weighted by Gasteiger charge is 2.10. The monoisotopic (exact) mass is 333 g/mol. The van der Waals surface area contributed by atoms with Crippen molar-refractivity contribution in [2.45, 2.75) is 45.4 Å². The van der Waals surface area contributed by atoms with Gasteiger partial charge in [-0.15, -0.1) is 0 Å². The second-order valence-electron chi connectivity index (χ2n) is 4.46. The zero-order chi connectivity index (χ0) is 14.3. The fourth-order valence-corrected chi connectivity index (χ4v) is 2.04. The maximum absolute atomic E-state index is 13.5. The van der Waals surface area contributed by atoms with Crippen molar-refractivity contribution in [3.05, 3.63) is 28.2 Å². The fourth-order valence-electron chi connectivity index (χ4n) is 1.72. The van der Waals surface area contributed by atoms with Crippen LogP contribution in [0.1, 0.15) is 45.4 Å². The average molecular weight is 334 g/mol. The number of unbranched alkanes of at least 4 members (excludes halogenated alkanes) is 4. The lowest BCUT2D eigenvalue weighted by Gasteiger charge is -2.07. The molecule has 0 unspecified atom stereocenters. The van der Waals surface area contributed by atoms with Crippen LogP contribution < -0.4 is 5.32 Å². The van der Waals surface area contributed by atoms with Crippen LogP contribution in [0.15, 0.2) is 16.6 Å². The summed E-state index contributed by atoms with van der Waals surface area (Å²) in [5.74, 6) is -1.52. The third-order valence-electron chi connectivity index (χ3n) is 2.79. The Morgan fingerprint density at radius 1 is 1.16 bits per heavy atom. The maximum Gasteiger partial charge on any atom is 0.224 e. The molecule has 1 amide bonds. The van der Waals surface area contributed by atoms with Gasteiger partial charge in [0.05, 0.1) is 10.2 Å². The first-order chi connectivity index (χ1) is 9.04. The van der Waals surface area contributed by atoms with Gasteiger partial charge in [-0.05, 0) is 28.4 Å². The fraction of sp³-hybridized carbons (Fsp3) is 0.500. The van der Waals surface area contributed by atoms with Crippen molar-refractivity contribution >= 4 is 27.5 Å². The van der Waals surface area contributed by atoms with E-state index >= 15 is 0 Å². The lowest BCUT2D eigenvalue weighted by molar-refractivity contribution is -0.116. The predicted molar refractivity (Wildman–Crippen MR) is 76.1 cm³/mol. The average Bonchev–Trinajstić information content (AvgIpc) is 2.35. The van der Waals surface area contributed by atoms with Gasteiger partial charge in [-0.3, -0.25) is 4.79 Å². The minimum atomic E-state index is -0.646.